The molecule has 1 nitrogen and oxygen atoms in total. The molecule has 0 heterocycles. The van der Waals surface area contributed by atoms with Crippen molar-refractivity contribution in [1.29, 1.82) is 0 Å². The van der Waals surface area contributed by atoms with Crippen molar-refractivity contribution >= 4 is 58.4 Å². The van der Waals surface area contributed by atoms with E-state index in [1.165, 1.54) is 0 Å². The first kappa shape index (κ1) is 10.6. The first-order chi connectivity index (χ1) is 4.22. The van der Waals surface area contributed by atoms with Gasteiger partial charge in [-0.2, -0.15) is 0 Å². The van der Waals surface area contributed by atoms with Crippen molar-refractivity contribution in [2.75, 3.05) is 5.73 Å². The van der Waals surface area contributed by atoms with Gasteiger partial charge in [0.2, 0.25) is 0 Å². The first-order valence-electron chi connectivity index (χ1n) is 2.41. The van der Waals surface area contributed by atoms with Gasteiger partial charge in [-0.3, -0.25) is 0 Å². The third-order valence-electron chi connectivity index (χ3n) is 1.000. The number of rotatable bonds is 0. The second-order valence-electron chi connectivity index (χ2n) is 1.64. The molecule has 0 saturated carbocycles. The fraction of sp³-hybridized carbons (Fsp3) is 0. The number of hydrogen-bond acceptors (Lipinski definition) is 1. The molecular weight excluding hydrogens is 180 g/mol. The summed E-state index contributed by atoms with van der Waals surface area (Å²) in [6.45, 7) is 0. The van der Waals surface area contributed by atoms with Gasteiger partial charge in [-0.1, -0.05) is 29.3 Å². The van der Waals surface area contributed by atoms with Gasteiger partial charge in [-0.25, -0.2) is 0 Å². The summed E-state index contributed by atoms with van der Waals surface area (Å²) in [5.41, 5.74) is 5.86. The number of halogens is 2. The maximum absolute atomic E-state index is 5.60. The Morgan fingerprint density at radius 3 is 1.80 bits per heavy atom. The Morgan fingerprint density at radius 1 is 1.10 bits per heavy atom. The van der Waals surface area contributed by atoms with E-state index in [1.54, 1.807) is 18.2 Å². The van der Waals surface area contributed by atoms with Gasteiger partial charge >= 0.3 is 29.6 Å². The van der Waals surface area contributed by atoms with Crippen LogP contribution in [0, 0.1) is 0 Å². The molecule has 0 saturated heterocycles. The van der Waals surface area contributed by atoms with Crippen LogP contribution in [0.5, 0.6) is 0 Å². The van der Waals surface area contributed by atoms with Gasteiger partial charge in [0.25, 0.3) is 0 Å². The van der Waals surface area contributed by atoms with Crippen LogP contribution in [0.1, 0.15) is 0 Å². The summed E-state index contributed by atoms with van der Waals surface area (Å²) in [6.07, 6.45) is 0. The van der Waals surface area contributed by atoms with Gasteiger partial charge < -0.3 is 5.73 Å². The number of hydrogen-bond donors (Lipinski definition) is 1. The normalized spacial score (nSPS) is 8.60. The molecule has 1 aromatic carbocycles. The predicted molar refractivity (Wildman–Crippen MR) is 48.0 cm³/mol. The molecule has 0 radical (unpaired) electrons. The van der Waals surface area contributed by atoms with Crippen LogP contribution >= 0.6 is 23.2 Å². The Labute approximate surface area is 91.8 Å². The molecule has 0 aliphatic carbocycles. The third kappa shape index (κ3) is 2.33. The summed E-state index contributed by atoms with van der Waals surface area (Å²) in [7, 11) is 0. The molecule has 50 valence electrons. The van der Waals surface area contributed by atoms with Crippen molar-refractivity contribution in [3.05, 3.63) is 28.2 Å². The maximum atomic E-state index is 5.60. The van der Waals surface area contributed by atoms with Gasteiger partial charge in [0, 0.05) is 0 Å². The number of nitrogens with two attached hydrogens (primary N) is 1. The summed E-state index contributed by atoms with van der Waals surface area (Å²) >= 11 is 11.2. The number of para-hydroxylation sites is 1. The number of nitrogen functional groups attached to an aromatic ring is 1. The fourth-order valence-corrected chi connectivity index (χ4v) is 0.908. The van der Waals surface area contributed by atoms with Crippen LogP contribution in [0.15, 0.2) is 18.2 Å². The summed E-state index contributed by atoms with van der Waals surface area (Å²) in [4.78, 5) is 0. The summed E-state index contributed by atoms with van der Waals surface area (Å²) in [5.74, 6) is 0. The van der Waals surface area contributed by atoms with E-state index in [-0.39, 0.29) is 29.6 Å². The van der Waals surface area contributed by atoms with Crippen LogP contribution in [0.25, 0.3) is 0 Å². The molecule has 0 spiro atoms. The van der Waals surface area contributed by atoms with E-state index in [4.69, 9.17) is 28.9 Å². The molecule has 1 aromatic rings. The molecule has 2 N–H and O–H groups in total. The molecule has 0 aliphatic rings. The molecule has 0 fully saturated rings. The van der Waals surface area contributed by atoms with Crippen molar-refractivity contribution in [3.63, 3.8) is 0 Å². The molecule has 4 heteroatoms. The topological polar surface area (TPSA) is 26.0 Å². The van der Waals surface area contributed by atoms with E-state index in [0.717, 1.165) is 0 Å². The summed E-state index contributed by atoms with van der Waals surface area (Å²) < 4.78 is 0. The Morgan fingerprint density at radius 2 is 1.50 bits per heavy atom. The zero-order valence-corrected chi connectivity index (χ0v) is 6.08. The van der Waals surface area contributed by atoms with E-state index >= 15 is 0 Å². The Bertz CT molecular complexity index is 207. The van der Waals surface area contributed by atoms with Gasteiger partial charge in [0.05, 0.1) is 15.7 Å². The monoisotopic (exact) mass is 185 g/mol. The van der Waals surface area contributed by atoms with Gasteiger partial charge in [-0.15, -0.1) is 0 Å². The van der Waals surface area contributed by atoms with Gasteiger partial charge in [0.15, 0.2) is 0 Å². The second kappa shape index (κ2) is 4.47. The molecule has 0 atom stereocenters. The summed E-state index contributed by atoms with van der Waals surface area (Å²) in [5, 5.41) is 1.00. The third-order valence-corrected chi connectivity index (χ3v) is 1.66. The molecule has 0 aromatic heterocycles. The van der Waals surface area contributed by atoms with Crippen LogP contribution in [-0.2, 0) is 0 Å². The van der Waals surface area contributed by atoms with E-state index in [1.807, 2.05) is 0 Å². The number of benzene rings is 1. The van der Waals surface area contributed by atoms with Crippen molar-refractivity contribution in [1.82, 2.24) is 0 Å². The van der Waals surface area contributed by atoms with Crippen molar-refractivity contribution < 1.29 is 0 Å². The average Bonchev–Trinajstić information content (AvgIpc) is 1.83. The first-order valence-corrected chi connectivity index (χ1v) is 3.17. The Balaban J connectivity index is 0.000000810. The molecule has 0 amide bonds. The van der Waals surface area contributed by atoms with Gasteiger partial charge in [0.1, 0.15) is 0 Å². The van der Waals surface area contributed by atoms with E-state index < -0.39 is 0 Å². The molecular formula is C6H6Cl2NNa. The predicted octanol–water partition coefficient (Wildman–Crippen LogP) is 1.93. The zero-order chi connectivity index (χ0) is 6.85. The van der Waals surface area contributed by atoms with E-state index in [2.05, 4.69) is 0 Å². The van der Waals surface area contributed by atoms with Gasteiger partial charge in [-0.05, 0) is 12.1 Å². The Hall–Kier alpha value is 0.600. The van der Waals surface area contributed by atoms with Crippen LogP contribution in [0.2, 0.25) is 10.0 Å². The van der Waals surface area contributed by atoms with Crippen LogP contribution < -0.4 is 5.73 Å². The molecule has 1 rings (SSSR count). The minimum absolute atomic E-state index is 0. The fourth-order valence-electron chi connectivity index (χ4n) is 0.511. The minimum atomic E-state index is 0. The van der Waals surface area contributed by atoms with E-state index in [9.17, 15) is 0 Å². The SMILES string of the molecule is Nc1c(Cl)cccc1Cl.[NaH]. The average molecular weight is 186 g/mol. The number of anilines is 1. The quantitative estimate of drug-likeness (QED) is 0.486. The molecule has 10 heavy (non-hydrogen) atoms. The molecule has 0 unspecified atom stereocenters. The van der Waals surface area contributed by atoms with Crippen LogP contribution in [0.4, 0.5) is 5.69 Å². The molecule has 0 bridgehead atoms. The van der Waals surface area contributed by atoms with Crippen LogP contribution in [0.3, 0.4) is 0 Å². The van der Waals surface area contributed by atoms with E-state index in [0.29, 0.717) is 15.7 Å². The Kier molecular flexibility index (Phi) is 4.74. The summed E-state index contributed by atoms with van der Waals surface area (Å²) in [6, 6.07) is 5.15. The van der Waals surface area contributed by atoms with Crippen molar-refractivity contribution in [2.45, 2.75) is 0 Å². The zero-order valence-electron chi connectivity index (χ0n) is 4.57. The van der Waals surface area contributed by atoms with Crippen molar-refractivity contribution in [3.8, 4) is 0 Å². The second-order valence-corrected chi connectivity index (χ2v) is 2.45. The molecule has 0 aliphatic heterocycles. The van der Waals surface area contributed by atoms with Crippen molar-refractivity contribution in [2.24, 2.45) is 0 Å². The van der Waals surface area contributed by atoms with Crippen LogP contribution in [-0.4, -0.2) is 29.6 Å². The standard InChI is InChI=1S/C6H5Cl2N.Na.H/c7-4-2-1-3-5(8)6(4)9;;/h1-3H,9H2;;.